The Bertz CT molecular complexity index is 1300. The van der Waals surface area contributed by atoms with Gasteiger partial charge in [-0.05, 0) is 55.0 Å². The van der Waals surface area contributed by atoms with E-state index in [1.165, 1.54) is 19.4 Å². The van der Waals surface area contributed by atoms with Crippen molar-refractivity contribution in [2.45, 2.75) is 38.5 Å². The number of aryl methyl sites for hydroxylation is 1. The van der Waals surface area contributed by atoms with Gasteiger partial charge < -0.3 is 19.5 Å². The number of rotatable bonds is 7. The van der Waals surface area contributed by atoms with Crippen LogP contribution in [0, 0.1) is 11.7 Å². The summed E-state index contributed by atoms with van der Waals surface area (Å²) in [6.07, 6.45) is 3.17. The highest BCUT2D eigenvalue weighted by Crippen LogP contribution is 2.30. The number of fused-ring (bicyclic) bond motifs is 1. The van der Waals surface area contributed by atoms with Crippen molar-refractivity contribution in [2.75, 3.05) is 13.7 Å². The molecule has 1 saturated heterocycles. The molecule has 0 aliphatic carbocycles. The molecule has 1 aliphatic heterocycles. The molecule has 35 heavy (non-hydrogen) atoms. The van der Waals surface area contributed by atoms with Gasteiger partial charge in [-0.3, -0.25) is 10.1 Å². The van der Waals surface area contributed by atoms with Gasteiger partial charge in [-0.1, -0.05) is 23.7 Å². The number of aromatic carboxylic acids is 1. The zero-order valence-electron chi connectivity index (χ0n) is 19.1. The van der Waals surface area contributed by atoms with Gasteiger partial charge in [-0.25, -0.2) is 9.18 Å². The lowest BCUT2D eigenvalue weighted by molar-refractivity contribution is 0.0694. The van der Waals surface area contributed by atoms with Crippen LogP contribution in [0.4, 0.5) is 4.39 Å². The molecule has 188 valence electrons. The Morgan fingerprint density at radius 3 is 2.77 bits per heavy atom. The van der Waals surface area contributed by atoms with Gasteiger partial charge >= 0.3 is 5.97 Å². The Balaban J connectivity index is 0.00000342. The number of halogens is 3. The number of ether oxygens (including phenoxy) is 1. The number of carboxylic acid groups (broad SMARTS) is 1. The summed E-state index contributed by atoms with van der Waals surface area (Å²) in [5.41, 5.74) is 0.485. The number of carbonyl (C=O) groups is 1. The summed E-state index contributed by atoms with van der Waals surface area (Å²) in [7, 11) is 1.49. The molecule has 1 aromatic heterocycles. The molecule has 2 unspecified atom stereocenters. The molecule has 0 saturated carbocycles. The maximum Gasteiger partial charge on any atom is 0.341 e. The summed E-state index contributed by atoms with van der Waals surface area (Å²) >= 11 is 5.91. The zero-order chi connectivity index (χ0) is 24.4. The summed E-state index contributed by atoms with van der Waals surface area (Å²) in [4.78, 5) is 24.8. The van der Waals surface area contributed by atoms with Crippen LogP contribution in [0.1, 0.15) is 40.7 Å². The van der Waals surface area contributed by atoms with E-state index in [9.17, 15) is 24.2 Å². The first-order valence-electron chi connectivity index (χ1n) is 11.1. The number of methoxy groups -OCH3 is 1. The number of aromatic nitrogens is 1. The quantitative estimate of drug-likeness (QED) is 0.427. The lowest BCUT2D eigenvalue weighted by atomic mass is 9.93. The predicted octanol–water partition coefficient (Wildman–Crippen LogP) is 4.22. The van der Waals surface area contributed by atoms with Gasteiger partial charge in [-0.15, -0.1) is 12.4 Å². The van der Waals surface area contributed by atoms with E-state index < -0.39 is 23.4 Å². The van der Waals surface area contributed by atoms with Gasteiger partial charge in [0, 0.05) is 30.6 Å². The number of piperidine rings is 1. The van der Waals surface area contributed by atoms with Crippen molar-refractivity contribution in [2.24, 2.45) is 5.92 Å². The van der Waals surface area contributed by atoms with Crippen molar-refractivity contribution in [3.05, 3.63) is 74.3 Å². The number of hydrogen-bond acceptors (Lipinski definition) is 5. The molecule has 4 rings (SSSR count). The Kier molecular flexibility index (Phi) is 8.77. The van der Waals surface area contributed by atoms with Crippen molar-refractivity contribution in [3.8, 4) is 5.75 Å². The normalized spacial score (nSPS) is 17.7. The maximum atomic E-state index is 14.5. The molecule has 7 nitrogen and oxygen atoms in total. The second-order valence-corrected chi connectivity index (χ2v) is 9.00. The second-order valence-electron chi connectivity index (χ2n) is 8.59. The van der Waals surface area contributed by atoms with Gasteiger partial charge in [0.05, 0.1) is 17.6 Å². The van der Waals surface area contributed by atoms with Gasteiger partial charge in [-0.2, -0.15) is 0 Å². The van der Waals surface area contributed by atoms with Crippen LogP contribution in [0.25, 0.3) is 10.9 Å². The van der Waals surface area contributed by atoms with Crippen molar-refractivity contribution >= 4 is 40.9 Å². The van der Waals surface area contributed by atoms with Gasteiger partial charge in [0.2, 0.25) is 5.43 Å². The molecule has 0 bridgehead atoms. The van der Waals surface area contributed by atoms with E-state index in [0.29, 0.717) is 48.3 Å². The molecule has 1 aliphatic rings. The minimum absolute atomic E-state index is 0. The van der Waals surface area contributed by atoms with Crippen molar-refractivity contribution in [3.63, 3.8) is 0 Å². The minimum atomic E-state index is -1.31. The van der Waals surface area contributed by atoms with Crippen LogP contribution in [-0.2, 0) is 13.0 Å². The van der Waals surface area contributed by atoms with Crippen LogP contribution in [0.5, 0.6) is 5.75 Å². The Morgan fingerprint density at radius 1 is 1.31 bits per heavy atom. The molecular weight excluding hydrogens is 498 g/mol. The average Bonchev–Trinajstić information content (AvgIpc) is 2.81. The largest absolute Gasteiger partial charge is 0.496 e. The van der Waals surface area contributed by atoms with E-state index in [0.717, 1.165) is 6.42 Å². The van der Waals surface area contributed by atoms with Gasteiger partial charge in [0.15, 0.2) is 0 Å². The molecule has 0 spiro atoms. The summed E-state index contributed by atoms with van der Waals surface area (Å²) in [6, 6.07) is 7.97. The smallest absolute Gasteiger partial charge is 0.341 e. The fourth-order valence-corrected chi connectivity index (χ4v) is 4.77. The number of aliphatic hydroxyl groups is 1. The molecule has 1 fully saturated rings. The predicted molar refractivity (Wildman–Crippen MR) is 135 cm³/mol. The summed E-state index contributed by atoms with van der Waals surface area (Å²) in [6.45, 7) is 1.19. The molecule has 3 aromatic rings. The third kappa shape index (κ3) is 5.78. The fraction of sp³-hybridized carbons (Fsp3) is 0.360. The summed E-state index contributed by atoms with van der Waals surface area (Å²) < 4.78 is 21.8. The highest BCUT2D eigenvalue weighted by atomic mass is 35.5. The number of pyridine rings is 1. The highest BCUT2D eigenvalue weighted by Gasteiger charge is 2.22. The number of nitrogens with one attached hydrogen (secondary N) is 1. The maximum absolute atomic E-state index is 14.5. The topological polar surface area (TPSA) is 101 Å². The molecule has 2 aromatic carbocycles. The molecule has 0 amide bonds. The SMILES string of the molecule is COc1cc2c(cc1Cc1cccc(Cl)c1F)c(=O)c(C(=O)O)cn2CCC1CCNC(O)C1.Cl. The van der Waals surface area contributed by atoms with E-state index in [-0.39, 0.29) is 40.7 Å². The number of benzene rings is 2. The third-order valence-electron chi connectivity index (χ3n) is 6.39. The van der Waals surface area contributed by atoms with Crippen molar-refractivity contribution in [1.29, 1.82) is 0 Å². The van der Waals surface area contributed by atoms with E-state index in [4.69, 9.17) is 16.3 Å². The Morgan fingerprint density at radius 2 is 2.09 bits per heavy atom. The highest BCUT2D eigenvalue weighted by molar-refractivity contribution is 6.30. The van der Waals surface area contributed by atoms with Crippen LogP contribution in [0.2, 0.25) is 5.02 Å². The standard InChI is InChI=1S/C25H26ClFN2O5.ClH/c1-34-21-12-20-17(11-16(21)10-15-3-2-4-19(26)23(15)27)24(31)18(25(32)33)13-29(20)8-6-14-5-7-28-22(30)9-14;/h2-4,11-14,22,28,30H,5-10H2,1H3,(H,32,33);1H. The number of hydrogen-bond donors (Lipinski definition) is 3. The van der Waals surface area contributed by atoms with E-state index >= 15 is 0 Å². The Labute approximate surface area is 212 Å². The molecule has 0 radical (unpaired) electrons. The zero-order valence-corrected chi connectivity index (χ0v) is 20.7. The van der Waals surface area contributed by atoms with E-state index in [2.05, 4.69) is 5.32 Å². The fourth-order valence-electron chi connectivity index (χ4n) is 4.57. The second kappa shape index (κ2) is 11.4. The summed E-state index contributed by atoms with van der Waals surface area (Å²) in [5, 5.41) is 22.7. The molecule has 2 heterocycles. The van der Waals surface area contributed by atoms with Crippen LogP contribution in [0.3, 0.4) is 0 Å². The van der Waals surface area contributed by atoms with Gasteiger partial charge in [0.25, 0.3) is 0 Å². The molecule has 10 heteroatoms. The monoisotopic (exact) mass is 524 g/mol. The molecule has 3 N–H and O–H groups in total. The van der Waals surface area contributed by atoms with E-state index in [1.807, 2.05) is 0 Å². The van der Waals surface area contributed by atoms with Gasteiger partial charge in [0.1, 0.15) is 23.4 Å². The summed E-state index contributed by atoms with van der Waals surface area (Å²) in [5.74, 6) is -1.13. The first kappa shape index (κ1) is 26.9. The van der Waals surface area contributed by atoms with Crippen LogP contribution < -0.4 is 15.5 Å². The van der Waals surface area contributed by atoms with Crippen molar-refractivity contribution < 1.29 is 24.1 Å². The molecule has 2 atom stereocenters. The average molecular weight is 525 g/mol. The first-order chi connectivity index (χ1) is 16.3. The Hall–Kier alpha value is -2.65. The van der Waals surface area contributed by atoms with E-state index in [1.54, 1.807) is 28.8 Å². The van der Waals surface area contributed by atoms with Crippen LogP contribution in [0.15, 0.2) is 41.3 Å². The lowest BCUT2D eigenvalue weighted by Crippen LogP contribution is -2.38. The third-order valence-corrected chi connectivity index (χ3v) is 6.68. The number of nitrogens with zero attached hydrogens (tertiary/aromatic N) is 1. The first-order valence-corrected chi connectivity index (χ1v) is 11.5. The van der Waals surface area contributed by atoms with Crippen LogP contribution in [-0.4, -0.2) is 40.6 Å². The minimum Gasteiger partial charge on any atom is -0.496 e. The number of carboxylic acids is 1. The molecular formula is C25H27Cl2FN2O5. The van der Waals surface area contributed by atoms with Crippen molar-refractivity contribution in [1.82, 2.24) is 9.88 Å². The lowest BCUT2D eigenvalue weighted by Gasteiger charge is -2.27. The van der Waals surface area contributed by atoms with Crippen LogP contribution >= 0.6 is 24.0 Å². The number of aliphatic hydroxyl groups excluding tert-OH is 1.